The molecule has 2 saturated heterocycles. The van der Waals surface area contributed by atoms with Crippen LogP contribution < -0.4 is 0 Å². The van der Waals surface area contributed by atoms with E-state index in [2.05, 4.69) is 4.90 Å². The number of nitrogens with zero attached hydrogens (tertiary/aromatic N) is 2. The van der Waals surface area contributed by atoms with Crippen LogP contribution >= 0.6 is 0 Å². The molecular formula is C17H21F3N2O2. The number of rotatable bonds is 2. The summed E-state index contributed by atoms with van der Waals surface area (Å²) in [4.78, 5) is 16.5. The molecule has 1 aromatic carbocycles. The van der Waals surface area contributed by atoms with Gasteiger partial charge in [-0.1, -0.05) is 18.2 Å². The smallest absolute Gasteiger partial charge is 0.374 e. The van der Waals surface area contributed by atoms with Gasteiger partial charge in [-0.15, -0.1) is 0 Å². The number of piperidine rings is 1. The zero-order valence-corrected chi connectivity index (χ0v) is 13.6. The van der Waals surface area contributed by atoms with Crippen LogP contribution in [0.2, 0.25) is 0 Å². The second-order valence-electron chi connectivity index (χ2n) is 6.45. The van der Waals surface area contributed by atoms with Gasteiger partial charge in [0.05, 0.1) is 30.7 Å². The average molecular weight is 342 g/mol. The summed E-state index contributed by atoms with van der Waals surface area (Å²) < 4.78 is 45.1. The Labute approximate surface area is 139 Å². The Bertz CT molecular complexity index is 606. The molecule has 132 valence electrons. The summed E-state index contributed by atoms with van der Waals surface area (Å²) in [5.74, 6) is -0.264. The maximum absolute atomic E-state index is 13.1. The van der Waals surface area contributed by atoms with E-state index in [1.54, 1.807) is 4.90 Å². The molecular weight excluding hydrogens is 321 g/mol. The van der Waals surface area contributed by atoms with Crippen molar-refractivity contribution in [3.63, 3.8) is 0 Å². The third kappa shape index (κ3) is 3.57. The molecule has 3 rings (SSSR count). The van der Waals surface area contributed by atoms with Crippen molar-refractivity contribution in [1.82, 2.24) is 9.80 Å². The summed E-state index contributed by atoms with van der Waals surface area (Å²) in [7, 11) is 1.98. The van der Waals surface area contributed by atoms with E-state index >= 15 is 0 Å². The van der Waals surface area contributed by atoms with Gasteiger partial charge in [0.1, 0.15) is 0 Å². The fourth-order valence-electron chi connectivity index (χ4n) is 3.56. The van der Waals surface area contributed by atoms with Crippen molar-refractivity contribution in [1.29, 1.82) is 0 Å². The van der Waals surface area contributed by atoms with Gasteiger partial charge in [-0.05, 0) is 25.1 Å². The maximum atomic E-state index is 13.1. The summed E-state index contributed by atoms with van der Waals surface area (Å²) in [6, 6.07) is 5.21. The zero-order valence-electron chi connectivity index (χ0n) is 13.6. The lowest BCUT2D eigenvalue weighted by Gasteiger charge is -2.46. The summed E-state index contributed by atoms with van der Waals surface area (Å²) >= 11 is 0. The van der Waals surface area contributed by atoms with E-state index in [4.69, 9.17) is 4.74 Å². The zero-order chi connectivity index (χ0) is 17.3. The molecule has 2 fully saturated rings. The Kier molecular flexibility index (Phi) is 4.83. The van der Waals surface area contributed by atoms with Crippen LogP contribution in [0.25, 0.3) is 0 Å². The number of likely N-dealkylation sites (tertiary alicyclic amines) is 1. The highest BCUT2D eigenvalue weighted by Gasteiger charge is 2.39. The summed E-state index contributed by atoms with van der Waals surface area (Å²) in [5.41, 5.74) is -0.703. The SMILES string of the molecule is CN1CC[C@@H]2OCCN(C(=O)Cc3ccccc3C(F)(F)F)[C@H]2C1. The summed E-state index contributed by atoms with van der Waals surface area (Å²) in [6.45, 7) is 2.47. The lowest BCUT2D eigenvalue weighted by molar-refractivity contribution is -0.151. The highest BCUT2D eigenvalue weighted by atomic mass is 19.4. The van der Waals surface area contributed by atoms with Crippen LogP contribution in [0.1, 0.15) is 17.5 Å². The van der Waals surface area contributed by atoms with Gasteiger partial charge < -0.3 is 14.5 Å². The number of benzene rings is 1. The van der Waals surface area contributed by atoms with Crippen molar-refractivity contribution in [3.05, 3.63) is 35.4 Å². The lowest BCUT2D eigenvalue weighted by atomic mass is 9.97. The van der Waals surface area contributed by atoms with E-state index < -0.39 is 11.7 Å². The molecule has 0 unspecified atom stereocenters. The predicted octanol–water partition coefficient (Wildman–Crippen LogP) is 2.18. The Morgan fingerprint density at radius 2 is 2.04 bits per heavy atom. The van der Waals surface area contributed by atoms with Crippen molar-refractivity contribution in [3.8, 4) is 0 Å². The van der Waals surface area contributed by atoms with Crippen molar-refractivity contribution < 1.29 is 22.7 Å². The van der Waals surface area contributed by atoms with Crippen LogP contribution in [-0.4, -0.2) is 61.1 Å². The Morgan fingerprint density at radius 3 is 2.79 bits per heavy atom. The number of fused-ring (bicyclic) bond motifs is 1. The van der Waals surface area contributed by atoms with Gasteiger partial charge in [0.15, 0.2) is 0 Å². The van der Waals surface area contributed by atoms with Crippen LogP contribution in [0.4, 0.5) is 13.2 Å². The minimum Gasteiger partial charge on any atom is -0.374 e. The first-order valence-corrected chi connectivity index (χ1v) is 8.11. The highest BCUT2D eigenvalue weighted by molar-refractivity contribution is 5.79. The third-order valence-electron chi connectivity index (χ3n) is 4.77. The fourth-order valence-corrected chi connectivity index (χ4v) is 3.56. The number of carbonyl (C=O) groups excluding carboxylic acids is 1. The monoisotopic (exact) mass is 342 g/mol. The van der Waals surface area contributed by atoms with E-state index in [0.29, 0.717) is 19.7 Å². The normalized spacial score (nSPS) is 25.4. The number of alkyl halides is 3. The quantitative estimate of drug-likeness (QED) is 0.826. The Hall–Kier alpha value is -1.60. The molecule has 0 bridgehead atoms. The number of halogens is 3. The first-order valence-electron chi connectivity index (χ1n) is 8.11. The molecule has 0 aliphatic carbocycles. The lowest BCUT2D eigenvalue weighted by Crippen LogP contribution is -2.61. The van der Waals surface area contributed by atoms with E-state index in [-0.39, 0.29) is 30.0 Å². The number of likely N-dealkylation sites (N-methyl/N-ethyl adjacent to an activating group) is 1. The average Bonchev–Trinajstić information content (AvgIpc) is 2.53. The van der Waals surface area contributed by atoms with Crippen LogP contribution in [0, 0.1) is 0 Å². The number of carbonyl (C=O) groups is 1. The van der Waals surface area contributed by atoms with Crippen molar-refractivity contribution in [2.75, 3.05) is 33.3 Å². The van der Waals surface area contributed by atoms with Crippen molar-refractivity contribution in [2.24, 2.45) is 0 Å². The molecule has 0 radical (unpaired) electrons. The first kappa shape index (κ1) is 17.2. The summed E-state index contributed by atoms with van der Waals surface area (Å²) in [5, 5.41) is 0. The van der Waals surface area contributed by atoms with Crippen LogP contribution in [-0.2, 0) is 22.1 Å². The predicted molar refractivity (Wildman–Crippen MR) is 82.5 cm³/mol. The fraction of sp³-hybridized carbons (Fsp3) is 0.588. The molecule has 2 heterocycles. The molecule has 7 heteroatoms. The number of amides is 1. The topological polar surface area (TPSA) is 32.8 Å². The Morgan fingerprint density at radius 1 is 1.29 bits per heavy atom. The number of morpholine rings is 1. The van der Waals surface area contributed by atoms with Gasteiger partial charge in [-0.25, -0.2) is 0 Å². The second kappa shape index (κ2) is 6.72. The largest absolute Gasteiger partial charge is 0.416 e. The van der Waals surface area contributed by atoms with Gasteiger partial charge >= 0.3 is 6.18 Å². The van der Waals surface area contributed by atoms with Crippen molar-refractivity contribution >= 4 is 5.91 Å². The molecule has 0 aromatic heterocycles. The van der Waals surface area contributed by atoms with Gasteiger partial charge in [-0.2, -0.15) is 13.2 Å². The molecule has 0 saturated carbocycles. The Balaban J connectivity index is 1.77. The van der Waals surface area contributed by atoms with Crippen molar-refractivity contribution in [2.45, 2.75) is 31.2 Å². The van der Waals surface area contributed by atoms with E-state index in [0.717, 1.165) is 19.0 Å². The first-order chi connectivity index (χ1) is 11.4. The third-order valence-corrected chi connectivity index (χ3v) is 4.77. The minimum atomic E-state index is -4.45. The summed E-state index contributed by atoms with van der Waals surface area (Å²) in [6.07, 6.45) is -3.86. The van der Waals surface area contributed by atoms with Gasteiger partial charge in [0.25, 0.3) is 0 Å². The number of hydrogen-bond donors (Lipinski definition) is 0. The molecule has 0 N–H and O–H groups in total. The number of ether oxygens (including phenoxy) is 1. The van der Waals surface area contributed by atoms with Crippen LogP contribution in [0.5, 0.6) is 0 Å². The van der Waals surface area contributed by atoms with Crippen LogP contribution in [0.3, 0.4) is 0 Å². The van der Waals surface area contributed by atoms with Gasteiger partial charge in [-0.3, -0.25) is 4.79 Å². The molecule has 2 aliphatic heterocycles. The molecule has 2 atom stereocenters. The molecule has 2 aliphatic rings. The van der Waals surface area contributed by atoms with E-state index in [1.165, 1.54) is 18.2 Å². The standard InChI is InChI=1S/C17H21F3N2O2/c1-21-7-6-15-14(11-21)22(8-9-24-15)16(23)10-12-4-2-3-5-13(12)17(18,19)20/h2-5,14-15H,6-11H2,1H3/t14-,15-/m0/s1. The molecule has 1 amide bonds. The van der Waals surface area contributed by atoms with Gasteiger partial charge in [0, 0.05) is 19.6 Å². The van der Waals surface area contributed by atoms with Gasteiger partial charge in [0.2, 0.25) is 5.91 Å². The molecule has 1 aromatic rings. The number of hydrogen-bond acceptors (Lipinski definition) is 3. The minimum absolute atomic E-state index is 0.0169. The highest BCUT2D eigenvalue weighted by Crippen LogP contribution is 2.32. The van der Waals surface area contributed by atoms with E-state index in [9.17, 15) is 18.0 Å². The van der Waals surface area contributed by atoms with Crippen LogP contribution in [0.15, 0.2) is 24.3 Å². The maximum Gasteiger partial charge on any atom is 0.416 e. The second-order valence-corrected chi connectivity index (χ2v) is 6.45. The molecule has 4 nitrogen and oxygen atoms in total. The molecule has 0 spiro atoms. The van der Waals surface area contributed by atoms with E-state index in [1.807, 2.05) is 7.05 Å². The molecule has 24 heavy (non-hydrogen) atoms.